The van der Waals surface area contributed by atoms with Crippen molar-refractivity contribution in [3.63, 3.8) is 0 Å². The minimum atomic E-state index is -1.53. The molecule has 0 saturated carbocycles. The second-order valence-electron chi connectivity index (χ2n) is 4.12. The monoisotopic (exact) mass is 228 g/mol. The van der Waals surface area contributed by atoms with Crippen molar-refractivity contribution >= 4 is 5.97 Å². The highest BCUT2D eigenvalue weighted by molar-refractivity contribution is 5.78. The van der Waals surface area contributed by atoms with E-state index >= 15 is 0 Å². The van der Waals surface area contributed by atoms with Crippen LogP contribution in [0.5, 0.6) is 0 Å². The summed E-state index contributed by atoms with van der Waals surface area (Å²) >= 11 is 0. The van der Waals surface area contributed by atoms with E-state index in [-0.39, 0.29) is 12.5 Å². The molecule has 2 atom stereocenters. The standard InChI is InChI=1S/C11H20N2O3/c1-5-13(7-9(2)6-12)8-11(3,15)10(14)16-4/h9,15H,5,7-8H2,1-4H3. The lowest BCUT2D eigenvalue weighted by Gasteiger charge is -2.29. The third-order valence-corrected chi connectivity index (χ3v) is 2.36. The van der Waals surface area contributed by atoms with Crippen LogP contribution in [0.1, 0.15) is 20.8 Å². The molecule has 0 heterocycles. The molecule has 0 aliphatic carbocycles. The Kier molecular flexibility index (Phi) is 6.01. The third-order valence-electron chi connectivity index (χ3n) is 2.36. The number of carbonyl (C=O) groups excluding carboxylic acids is 1. The van der Waals surface area contributed by atoms with Crippen LogP contribution in [0.15, 0.2) is 0 Å². The zero-order valence-corrected chi connectivity index (χ0v) is 10.4. The van der Waals surface area contributed by atoms with Gasteiger partial charge in [-0.3, -0.25) is 4.90 Å². The summed E-state index contributed by atoms with van der Waals surface area (Å²) in [6, 6.07) is 2.12. The number of aliphatic hydroxyl groups is 1. The number of carbonyl (C=O) groups is 1. The smallest absolute Gasteiger partial charge is 0.338 e. The largest absolute Gasteiger partial charge is 0.467 e. The predicted molar refractivity (Wildman–Crippen MR) is 59.5 cm³/mol. The minimum absolute atomic E-state index is 0.131. The number of ether oxygens (including phenoxy) is 1. The van der Waals surface area contributed by atoms with Gasteiger partial charge in [0.05, 0.1) is 19.1 Å². The van der Waals surface area contributed by atoms with Crippen molar-refractivity contribution in [2.75, 3.05) is 26.7 Å². The molecule has 0 radical (unpaired) electrons. The van der Waals surface area contributed by atoms with E-state index in [1.165, 1.54) is 14.0 Å². The number of nitriles is 1. The lowest BCUT2D eigenvalue weighted by molar-refractivity contribution is -0.162. The van der Waals surface area contributed by atoms with E-state index in [4.69, 9.17) is 5.26 Å². The Labute approximate surface area is 96.6 Å². The molecule has 16 heavy (non-hydrogen) atoms. The number of hydrogen-bond acceptors (Lipinski definition) is 5. The van der Waals surface area contributed by atoms with Crippen LogP contribution in [0, 0.1) is 17.2 Å². The first-order chi connectivity index (χ1) is 7.37. The first-order valence-electron chi connectivity index (χ1n) is 5.30. The van der Waals surface area contributed by atoms with Gasteiger partial charge in [-0.2, -0.15) is 5.26 Å². The van der Waals surface area contributed by atoms with Crippen molar-refractivity contribution in [2.24, 2.45) is 5.92 Å². The molecule has 0 amide bonds. The molecule has 0 rings (SSSR count). The molecule has 0 aliphatic rings. The maximum Gasteiger partial charge on any atom is 0.338 e. The number of likely N-dealkylation sites (N-methyl/N-ethyl adjacent to an activating group) is 1. The first-order valence-corrected chi connectivity index (χ1v) is 5.30. The van der Waals surface area contributed by atoms with Crippen LogP contribution in [0.25, 0.3) is 0 Å². The molecule has 0 aliphatic heterocycles. The zero-order chi connectivity index (χ0) is 12.8. The maximum absolute atomic E-state index is 11.3. The molecule has 1 N–H and O–H groups in total. The van der Waals surface area contributed by atoms with Crippen molar-refractivity contribution in [3.8, 4) is 6.07 Å². The minimum Gasteiger partial charge on any atom is -0.467 e. The van der Waals surface area contributed by atoms with Crippen LogP contribution in [0.2, 0.25) is 0 Å². The van der Waals surface area contributed by atoms with Crippen LogP contribution in [0.3, 0.4) is 0 Å². The molecule has 0 aromatic rings. The second-order valence-corrected chi connectivity index (χ2v) is 4.12. The molecular weight excluding hydrogens is 208 g/mol. The normalized spacial score (nSPS) is 16.3. The van der Waals surface area contributed by atoms with E-state index in [2.05, 4.69) is 10.8 Å². The Hall–Kier alpha value is -1.12. The fourth-order valence-electron chi connectivity index (χ4n) is 1.45. The van der Waals surface area contributed by atoms with Gasteiger partial charge < -0.3 is 9.84 Å². The zero-order valence-electron chi connectivity index (χ0n) is 10.4. The Morgan fingerprint density at radius 2 is 2.25 bits per heavy atom. The Bertz CT molecular complexity index is 271. The van der Waals surface area contributed by atoms with Gasteiger partial charge in [-0.1, -0.05) is 6.92 Å². The van der Waals surface area contributed by atoms with Gasteiger partial charge in [0.2, 0.25) is 0 Å². The number of esters is 1. The van der Waals surface area contributed by atoms with Gasteiger partial charge in [0.25, 0.3) is 0 Å². The van der Waals surface area contributed by atoms with Crippen molar-refractivity contribution in [2.45, 2.75) is 26.4 Å². The summed E-state index contributed by atoms with van der Waals surface area (Å²) < 4.78 is 4.51. The van der Waals surface area contributed by atoms with E-state index < -0.39 is 11.6 Å². The molecule has 2 unspecified atom stereocenters. The lowest BCUT2D eigenvalue weighted by Crippen LogP contribution is -2.48. The number of rotatable bonds is 6. The van der Waals surface area contributed by atoms with Gasteiger partial charge in [-0.05, 0) is 20.4 Å². The summed E-state index contributed by atoms with van der Waals surface area (Å²) in [4.78, 5) is 13.1. The topological polar surface area (TPSA) is 73.6 Å². The average molecular weight is 228 g/mol. The molecule has 0 aromatic carbocycles. The SMILES string of the molecule is CCN(CC(C)C#N)CC(C)(O)C(=O)OC. The van der Waals surface area contributed by atoms with E-state index in [1.54, 1.807) is 6.92 Å². The highest BCUT2D eigenvalue weighted by Crippen LogP contribution is 2.10. The Morgan fingerprint density at radius 1 is 1.69 bits per heavy atom. The van der Waals surface area contributed by atoms with E-state index in [0.29, 0.717) is 13.1 Å². The van der Waals surface area contributed by atoms with Gasteiger partial charge in [0, 0.05) is 13.1 Å². The van der Waals surface area contributed by atoms with Gasteiger partial charge in [-0.15, -0.1) is 0 Å². The number of methoxy groups -OCH3 is 1. The highest BCUT2D eigenvalue weighted by Gasteiger charge is 2.33. The van der Waals surface area contributed by atoms with Crippen LogP contribution < -0.4 is 0 Å². The van der Waals surface area contributed by atoms with Crippen LogP contribution >= 0.6 is 0 Å². The molecule has 5 nitrogen and oxygen atoms in total. The lowest BCUT2D eigenvalue weighted by atomic mass is 10.1. The molecular formula is C11H20N2O3. The number of nitrogens with zero attached hydrogens (tertiary/aromatic N) is 2. The highest BCUT2D eigenvalue weighted by atomic mass is 16.5. The summed E-state index contributed by atoms with van der Waals surface area (Å²) in [5.74, 6) is -0.788. The summed E-state index contributed by atoms with van der Waals surface area (Å²) in [6.45, 7) is 6.49. The Morgan fingerprint density at radius 3 is 2.62 bits per heavy atom. The molecule has 92 valence electrons. The molecule has 0 fully saturated rings. The molecule has 0 aromatic heterocycles. The quantitative estimate of drug-likeness (QED) is 0.666. The van der Waals surface area contributed by atoms with Crippen molar-refractivity contribution < 1.29 is 14.6 Å². The van der Waals surface area contributed by atoms with Gasteiger partial charge in [-0.25, -0.2) is 4.79 Å². The van der Waals surface area contributed by atoms with Crippen molar-refractivity contribution in [1.29, 1.82) is 5.26 Å². The fourth-order valence-corrected chi connectivity index (χ4v) is 1.45. The van der Waals surface area contributed by atoms with Gasteiger partial charge in [0.15, 0.2) is 5.60 Å². The second kappa shape index (κ2) is 6.46. The molecule has 5 heteroatoms. The molecule has 0 saturated heterocycles. The fraction of sp³-hybridized carbons (Fsp3) is 0.818. The van der Waals surface area contributed by atoms with E-state index in [1.807, 2.05) is 11.8 Å². The Balaban J connectivity index is 4.42. The molecule has 0 spiro atoms. The first kappa shape index (κ1) is 14.9. The summed E-state index contributed by atoms with van der Waals surface area (Å²) in [7, 11) is 1.24. The van der Waals surface area contributed by atoms with Gasteiger partial charge in [0.1, 0.15) is 0 Å². The predicted octanol–water partition coefficient (Wildman–Crippen LogP) is 0.392. The maximum atomic E-state index is 11.3. The van der Waals surface area contributed by atoms with E-state index in [9.17, 15) is 9.90 Å². The van der Waals surface area contributed by atoms with Crippen LogP contribution in [0.4, 0.5) is 0 Å². The average Bonchev–Trinajstić information content (AvgIpc) is 2.26. The molecule has 0 bridgehead atoms. The summed E-state index contributed by atoms with van der Waals surface area (Å²) in [5.41, 5.74) is -1.53. The van der Waals surface area contributed by atoms with Crippen molar-refractivity contribution in [1.82, 2.24) is 4.90 Å². The van der Waals surface area contributed by atoms with Gasteiger partial charge >= 0.3 is 5.97 Å². The van der Waals surface area contributed by atoms with Crippen LogP contribution in [-0.2, 0) is 9.53 Å². The summed E-state index contributed by atoms with van der Waals surface area (Å²) in [5, 5.41) is 18.6. The number of hydrogen-bond donors (Lipinski definition) is 1. The summed E-state index contributed by atoms with van der Waals surface area (Å²) in [6.07, 6.45) is 0. The van der Waals surface area contributed by atoms with Crippen LogP contribution in [-0.4, -0.2) is 48.3 Å². The third kappa shape index (κ3) is 4.60. The van der Waals surface area contributed by atoms with Crippen molar-refractivity contribution in [3.05, 3.63) is 0 Å². The van der Waals surface area contributed by atoms with E-state index in [0.717, 1.165) is 0 Å².